The van der Waals surface area contributed by atoms with E-state index in [-0.39, 0.29) is 22.4 Å². The molecule has 0 saturated heterocycles. The average Bonchev–Trinajstić information content (AvgIpc) is 3.63. The van der Waals surface area contributed by atoms with Crippen molar-refractivity contribution in [2.75, 3.05) is 5.32 Å². The number of nitrogens with zero attached hydrogens (tertiary/aromatic N) is 1. The van der Waals surface area contributed by atoms with Gasteiger partial charge in [0.05, 0.1) is 22.4 Å². The Kier molecular flexibility index (Phi) is 7.19. The molecule has 40 heavy (non-hydrogen) atoms. The summed E-state index contributed by atoms with van der Waals surface area (Å²) >= 11 is 0. The van der Waals surface area contributed by atoms with Gasteiger partial charge in [0.15, 0.2) is 0 Å². The summed E-state index contributed by atoms with van der Waals surface area (Å²) in [6, 6.07) is 11.4. The molecule has 0 bridgehead atoms. The van der Waals surface area contributed by atoms with Crippen LogP contribution in [0.4, 0.5) is 36.4 Å². The number of aryl methyl sites for hydroxylation is 3. The summed E-state index contributed by atoms with van der Waals surface area (Å²) in [5, 5.41) is 5.36. The Balaban J connectivity index is 1.62. The number of aromatic nitrogens is 1. The van der Waals surface area contributed by atoms with Crippen LogP contribution in [-0.2, 0) is 11.2 Å². The molecule has 1 aliphatic rings. The van der Waals surface area contributed by atoms with E-state index in [4.69, 9.17) is 0 Å². The van der Waals surface area contributed by atoms with Crippen LogP contribution < -0.4 is 10.6 Å². The molecule has 0 radical (unpaired) electrons. The third-order valence-electron chi connectivity index (χ3n) is 6.88. The molecule has 0 unspecified atom stereocenters. The van der Waals surface area contributed by atoms with Crippen molar-refractivity contribution in [2.45, 2.75) is 57.2 Å². The van der Waals surface area contributed by atoms with Gasteiger partial charge >= 0.3 is 18.0 Å². The van der Waals surface area contributed by atoms with Gasteiger partial charge in [-0.05, 0) is 69.0 Å². The Labute approximate surface area is 224 Å². The van der Waals surface area contributed by atoms with Gasteiger partial charge in [-0.25, -0.2) is 4.39 Å². The summed E-state index contributed by atoms with van der Waals surface area (Å²) < 4.78 is 93.4. The first-order valence-electron chi connectivity index (χ1n) is 12.1. The Morgan fingerprint density at radius 1 is 0.800 bits per heavy atom. The lowest BCUT2D eigenvalue weighted by molar-refractivity contribution is -0.348. The molecule has 2 N–H and O–H groups in total. The molecular formula is C28H24F7N3O2. The number of alkyl halides is 7. The molecule has 1 aromatic heterocycles. The van der Waals surface area contributed by atoms with Crippen molar-refractivity contribution < 1.29 is 40.3 Å². The molecule has 2 aromatic carbocycles. The number of carbonyl (C=O) groups is 2. The van der Waals surface area contributed by atoms with Crippen molar-refractivity contribution in [1.29, 1.82) is 0 Å². The first-order chi connectivity index (χ1) is 18.5. The van der Waals surface area contributed by atoms with E-state index in [1.54, 1.807) is 19.1 Å². The molecule has 212 valence electrons. The van der Waals surface area contributed by atoms with E-state index in [1.165, 1.54) is 12.1 Å². The van der Waals surface area contributed by atoms with Crippen molar-refractivity contribution in [3.05, 3.63) is 93.8 Å². The predicted octanol–water partition coefficient (Wildman–Crippen LogP) is 6.97. The van der Waals surface area contributed by atoms with E-state index in [1.807, 2.05) is 19.1 Å². The summed E-state index contributed by atoms with van der Waals surface area (Å²) in [5.74, 6) is -1.38. The molecule has 0 aliphatic heterocycles. The van der Waals surface area contributed by atoms with Gasteiger partial charge in [0.1, 0.15) is 0 Å². The van der Waals surface area contributed by atoms with E-state index in [9.17, 15) is 40.3 Å². The minimum atomic E-state index is -6.26. The van der Waals surface area contributed by atoms with E-state index in [2.05, 4.69) is 15.6 Å². The lowest BCUT2D eigenvalue weighted by atomic mass is 9.92. The molecule has 3 aromatic rings. The first kappa shape index (κ1) is 29.0. The number of pyridine rings is 1. The average molecular weight is 568 g/mol. The molecule has 1 fully saturated rings. The van der Waals surface area contributed by atoms with Crippen molar-refractivity contribution >= 4 is 17.5 Å². The van der Waals surface area contributed by atoms with Crippen molar-refractivity contribution in [1.82, 2.24) is 10.3 Å². The quantitative estimate of drug-likeness (QED) is 0.316. The van der Waals surface area contributed by atoms with E-state index in [0.717, 1.165) is 18.7 Å². The molecule has 12 heteroatoms. The number of hydrogen-bond donors (Lipinski definition) is 2. The number of halogens is 7. The zero-order valence-electron chi connectivity index (χ0n) is 21.5. The number of hydrogen-bond acceptors (Lipinski definition) is 3. The van der Waals surface area contributed by atoms with Crippen LogP contribution in [0.25, 0.3) is 0 Å². The van der Waals surface area contributed by atoms with Crippen LogP contribution in [0, 0.1) is 20.8 Å². The summed E-state index contributed by atoms with van der Waals surface area (Å²) in [5.41, 5.74) is -6.48. The van der Waals surface area contributed by atoms with Crippen LogP contribution in [0.5, 0.6) is 0 Å². The second-order valence-corrected chi connectivity index (χ2v) is 9.84. The molecule has 1 heterocycles. The summed E-state index contributed by atoms with van der Waals surface area (Å²) in [6.45, 7) is 4.56. The highest BCUT2D eigenvalue weighted by Gasteiger charge is 2.73. The SMILES string of the molecule is Cc1cccc(C2(NC(=O)c3c(C)cccc3C(=O)Nc3ccc(C(F)(C(F)(F)F)C(F)(F)F)cc3C)CC2)n1. The molecule has 1 saturated carbocycles. The fraction of sp³-hybridized carbons (Fsp3) is 0.321. The fourth-order valence-corrected chi connectivity index (χ4v) is 4.51. The smallest absolute Gasteiger partial charge is 0.341 e. The highest BCUT2D eigenvalue weighted by Crippen LogP contribution is 2.53. The number of amides is 2. The number of benzene rings is 2. The standard InChI is InChI=1S/C28H24F7N3O2/c1-15-6-4-8-19(22(15)24(40)38-25(12-13-25)21-9-5-7-17(3)36-21)23(39)37-20-11-10-18(14-16(20)2)26(29,27(30,31)32)28(33,34)35/h4-11,14H,12-13H2,1-3H3,(H,37,39)(H,38,40). The molecular weight excluding hydrogens is 543 g/mol. The Hall–Kier alpha value is -3.96. The lowest BCUT2D eigenvalue weighted by Gasteiger charge is -2.30. The molecule has 4 rings (SSSR count). The van der Waals surface area contributed by atoms with Gasteiger partial charge in [-0.1, -0.05) is 30.3 Å². The highest BCUT2D eigenvalue weighted by molar-refractivity contribution is 6.13. The van der Waals surface area contributed by atoms with E-state index in [0.29, 0.717) is 36.2 Å². The minimum absolute atomic E-state index is 0.0464. The van der Waals surface area contributed by atoms with Crippen LogP contribution in [0.2, 0.25) is 0 Å². The number of anilines is 1. The normalized spacial score (nSPS) is 14.9. The van der Waals surface area contributed by atoms with Gasteiger partial charge in [-0.3, -0.25) is 14.6 Å². The van der Waals surface area contributed by atoms with Crippen LogP contribution in [0.15, 0.2) is 54.6 Å². The van der Waals surface area contributed by atoms with Gasteiger partial charge in [0.2, 0.25) is 0 Å². The zero-order valence-corrected chi connectivity index (χ0v) is 21.5. The van der Waals surface area contributed by atoms with Crippen LogP contribution >= 0.6 is 0 Å². The molecule has 1 aliphatic carbocycles. The maximum atomic E-state index is 14.5. The molecule has 0 atom stereocenters. The van der Waals surface area contributed by atoms with E-state index >= 15 is 0 Å². The third-order valence-corrected chi connectivity index (χ3v) is 6.88. The number of rotatable bonds is 6. The summed E-state index contributed by atoms with van der Waals surface area (Å²) in [7, 11) is 0. The Bertz CT molecular complexity index is 1460. The van der Waals surface area contributed by atoms with E-state index < -0.39 is 40.9 Å². The summed E-state index contributed by atoms with van der Waals surface area (Å²) in [6.07, 6.45) is -11.3. The van der Waals surface area contributed by atoms with Gasteiger partial charge < -0.3 is 10.6 Å². The van der Waals surface area contributed by atoms with Gasteiger partial charge in [0.25, 0.3) is 11.8 Å². The predicted molar refractivity (Wildman–Crippen MR) is 133 cm³/mol. The number of nitrogens with one attached hydrogen (secondary N) is 2. The van der Waals surface area contributed by atoms with Gasteiger partial charge in [-0.15, -0.1) is 0 Å². The lowest BCUT2D eigenvalue weighted by Crippen LogP contribution is -2.50. The van der Waals surface area contributed by atoms with Crippen molar-refractivity contribution in [3.63, 3.8) is 0 Å². The summed E-state index contributed by atoms with van der Waals surface area (Å²) in [4.78, 5) is 31.1. The number of carbonyl (C=O) groups excluding carboxylic acids is 2. The second kappa shape index (κ2) is 9.90. The maximum absolute atomic E-state index is 14.5. The highest BCUT2D eigenvalue weighted by atomic mass is 19.4. The molecule has 0 spiro atoms. The van der Waals surface area contributed by atoms with Crippen LogP contribution in [0.1, 0.15) is 61.6 Å². The van der Waals surface area contributed by atoms with Crippen molar-refractivity contribution in [2.24, 2.45) is 0 Å². The molecule has 5 nitrogen and oxygen atoms in total. The van der Waals surface area contributed by atoms with Crippen molar-refractivity contribution in [3.8, 4) is 0 Å². The maximum Gasteiger partial charge on any atom is 0.435 e. The largest absolute Gasteiger partial charge is 0.435 e. The fourth-order valence-electron chi connectivity index (χ4n) is 4.51. The first-order valence-corrected chi connectivity index (χ1v) is 12.1. The van der Waals surface area contributed by atoms with Crippen LogP contribution in [-0.4, -0.2) is 29.2 Å². The second-order valence-electron chi connectivity index (χ2n) is 9.84. The van der Waals surface area contributed by atoms with Gasteiger partial charge in [0, 0.05) is 16.9 Å². The van der Waals surface area contributed by atoms with Gasteiger partial charge in [-0.2, -0.15) is 26.3 Å². The van der Waals surface area contributed by atoms with Crippen LogP contribution in [0.3, 0.4) is 0 Å². The monoisotopic (exact) mass is 567 g/mol. The molecule has 2 amide bonds. The zero-order chi connectivity index (χ0) is 29.7. The third kappa shape index (κ3) is 5.14. The Morgan fingerprint density at radius 2 is 1.43 bits per heavy atom. The minimum Gasteiger partial charge on any atom is -0.341 e. The Morgan fingerprint density at radius 3 is 1.98 bits per heavy atom. The topological polar surface area (TPSA) is 71.1 Å².